The van der Waals surface area contributed by atoms with Crippen LogP contribution in [0.5, 0.6) is 0 Å². The molecule has 0 N–H and O–H groups in total. The minimum absolute atomic E-state index is 0.226. The Morgan fingerprint density at radius 3 is 1.32 bits per heavy atom. The van der Waals surface area contributed by atoms with Crippen molar-refractivity contribution >= 4 is 43.1 Å². The lowest BCUT2D eigenvalue weighted by atomic mass is 9.84. The Labute approximate surface area is 237 Å². The van der Waals surface area contributed by atoms with Crippen molar-refractivity contribution in [3.8, 4) is 33.4 Å². The fraction of sp³-hybridized carbons (Fsp3) is 0. The van der Waals surface area contributed by atoms with Crippen molar-refractivity contribution in [2.45, 2.75) is 0 Å². The summed E-state index contributed by atoms with van der Waals surface area (Å²) in [6, 6.07) is 52.8. The Morgan fingerprint density at radius 1 is 0.293 bits per heavy atom. The fourth-order valence-corrected chi connectivity index (χ4v) is 6.31. The van der Waals surface area contributed by atoms with Gasteiger partial charge in [-0.2, -0.15) is 0 Å². The maximum Gasteiger partial charge on any atom is 0.123 e. The Morgan fingerprint density at radius 2 is 0.732 bits per heavy atom. The normalized spacial score (nSPS) is 11.5. The third kappa shape index (κ3) is 3.98. The van der Waals surface area contributed by atoms with Crippen LogP contribution in [0, 0.1) is 5.82 Å². The molecule has 0 aliphatic heterocycles. The highest BCUT2D eigenvalue weighted by atomic mass is 19.1. The van der Waals surface area contributed by atoms with Gasteiger partial charge in [0.1, 0.15) is 5.82 Å². The summed E-state index contributed by atoms with van der Waals surface area (Å²) in [6.45, 7) is 0. The molecule has 0 saturated heterocycles. The van der Waals surface area contributed by atoms with Gasteiger partial charge in [-0.3, -0.25) is 0 Å². The van der Waals surface area contributed by atoms with Gasteiger partial charge >= 0.3 is 0 Å². The number of hydrogen-bond donors (Lipinski definition) is 0. The number of halogens is 1. The van der Waals surface area contributed by atoms with E-state index in [2.05, 4.69) is 127 Å². The van der Waals surface area contributed by atoms with E-state index in [9.17, 15) is 4.39 Å². The zero-order valence-corrected chi connectivity index (χ0v) is 22.3. The predicted molar refractivity (Wildman–Crippen MR) is 173 cm³/mol. The van der Waals surface area contributed by atoms with Crippen molar-refractivity contribution in [2.75, 3.05) is 0 Å². The zero-order valence-electron chi connectivity index (χ0n) is 22.3. The van der Waals surface area contributed by atoms with Gasteiger partial charge in [0.15, 0.2) is 0 Å². The molecule has 0 aromatic heterocycles. The molecule has 0 saturated carbocycles. The molecule has 41 heavy (non-hydrogen) atoms. The molecule has 0 aliphatic carbocycles. The van der Waals surface area contributed by atoms with Crippen molar-refractivity contribution in [3.05, 3.63) is 157 Å². The third-order valence-electron chi connectivity index (χ3n) is 8.28. The van der Waals surface area contributed by atoms with Crippen LogP contribution in [0.1, 0.15) is 0 Å². The number of hydrogen-bond acceptors (Lipinski definition) is 0. The second-order valence-electron chi connectivity index (χ2n) is 10.7. The molecule has 0 atom stereocenters. The molecule has 0 bridgehead atoms. The van der Waals surface area contributed by atoms with Gasteiger partial charge in [0.05, 0.1) is 0 Å². The Hall–Kier alpha value is -5.27. The first-order valence-electron chi connectivity index (χ1n) is 14.0. The van der Waals surface area contributed by atoms with Crippen LogP contribution >= 0.6 is 0 Å². The van der Waals surface area contributed by atoms with Crippen molar-refractivity contribution in [1.29, 1.82) is 0 Å². The molecule has 1 heteroatoms. The summed E-state index contributed by atoms with van der Waals surface area (Å²) >= 11 is 0. The van der Waals surface area contributed by atoms with Crippen molar-refractivity contribution < 1.29 is 4.39 Å². The topological polar surface area (TPSA) is 0 Å². The van der Waals surface area contributed by atoms with Crippen LogP contribution in [-0.4, -0.2) is 0 Å². The zero-order chi connectivity index (χ0) is 27.3. The van der Waals surface area contributed by atoms with Crippen molar-refractivity contribution in [2.24, 2.45) is 0 Å². The fourth-order valence-electron chi connectivity index (χ4n) is 6.31. The highest BCUT2D eigenvalue weighted by molar-refractivity contribution is 6.22. The maximum atomic E-state index is 13.8. The largest absolute Gasteiger partial charge is 0.207 e. The Bertz CT molecular complexity index is 2260. The van der Waals surface area contributed by atoms with E-state index in [-0.39, 0.29) is 5.82 Å². The number of rotatable bonds is 3. The van der Waals surface area contributed by atoms with E-state index in [4.69, 9.17) is 0 Å². The van der Waals surface area contributed by atoms with Gasteiger partial charge in [-0.15, -0.1) is 0 Å². The number of fused-ring (bicyclic) bond motifs is 4. The molecule has 192 valence electrons. The summed E-state index contributed by atoms with van der Waals surface area (Å²) in [5, 5.41) is 9.74. The lowest BCUT2D eigenvalue weighted by molar-refractivity contribution is 0.628. The molecule has 0 fully saturated rings. The molecule has 0 heterocycles. The van der Waals surface area contributed by atoms with Gasteiger partial charge in [-0.25, -0.2) is 4.39 Å². The molecule has 8 rings (SSSR count). The molecule has 0 amide bonds. The van der Waals surface area contributed by atoms with Crippen LogP contribution in [-0.2, 0) is 0 Å². The average molecular weight is 525 g/mol. The third-order valence-corrected chi connectivity index (χ3v) is 8.28. The predicted octanol–water partition coefficient (Wildman–Crippen LogP) is 11.4. The van der Waals surface area contributed by atoms with E-state index in [1.54, 1.807) is 0 Å². The van der Waals surface area contributed by atoms with Gasteiger partial charge in [-0.1, -0.05) is 121 Å². The summed E-state index contributed by atoms with van der Waals surface area (Å²) < 4.78 is 13.8. The van der Waals surface area contributed by atoms with E-state index >= 15 is 0 Å². The van der Waals surface area contributed by atoms with Crippen molar-refractivity contribution in [3.63, 3.8) is 0 Å². The first kappa shape index (κ1) is 23.6. The van der Waals surface area contributed by atoms with Crippen LogP contribution in [0.3, 0.4) is 0 Å². The SMILES string of the molecule is Fc1ccc(-c2ccc3c(-c4ccc5ccccc5c4)c4ccccc4c(-c4ccc5ccccc5c4)c3c2)cc1. The van der Waals surface area contributed by atoms with E-state index in [0.717, 1.165) is 11.1 Å². The molecule has 0 aliphatic rings. The molecule has 0 unspecified atom stereocenters. The smallest absolute Gasteiger partial charge is 0.123 e. The molecular weight excluding hydrogens is 499 g/mol. The second kappa shape index (κ2) is 9.43. The maximum absolute atomic E-state index is 13.8. The molecule has 0 spiro atoms. The average Bonchev–Trinajstić information content (AvgIpc) is 3.03. The highest BCUT2D eigenvalue weighted by Crippen LogP contribution is 2.45. The van der Waals surface area contributed by atoms with Crippen LogP contribution in [0.15, 0.2) is 152 Å². The lowest BCUT2D eigenvalue weighted by Crippen LogP contribution is -1.92. The summed E-state index contributed by atoms with van der Waals surface area (Å²) in [7, 11) is 0. The van der Waals surface area contributed by atoms with Crippen LogP contribution in [0.4, 0.5) is 4.39 Å². The first-order chi connectivity index (χ1) is 20.2. The van der Waals surface area contributed by atoms with Crippen LogP contribution < -0.4 is 0 Å². The molecule has 8 aromatic carbocycles. The van der Waals surface area contributed by atoms with Gasteiger partial charge in [0.2, 0.25) is 0 Å². The Kier molecular flexibility index (Phi) is 5.43. The second-order valence-corrected chi connectivity index (χ2v) is 10.7. The van der Waals surface area contributed by atoms with Crippen LogP contribution in [0.2, 0.25) is 0 Å². The summed E-state index contributed by atoms with van der Waals surface area (Å²) in [6.07, 6.45) is 0. The van der Waals surface area contributed by atoms with E-state index in [1.807, 2.05) is 12.1 Å². The lowest BCUT2D eigenvalue weighted by Gasteiger charge is -2.19. The first-order valence-corrected chi connectivity index (χ1v) is 14.0. The quantitative estimate of drug-likeness (QED) is 0.202. The molecule has 8 aromatic rings. The Balaban J connectivity index is 1.50. The van der Waals surface area contributed by atoms with E-state index in [0.29, 0.717) is 0 Å². The highest BCUT2D eigenvalue weighted by Gasteiger charge is 2.18. The van der Waals surface area contributed by atoms with Gasteiger partial charge in [0.25, 0.3) is 0 Å². The van der Waals surface area contributed by atoms with Gasteiger partial charge in [-0.05, 0) is 107 Å². The molecule has 0 radical (unpaired) electrons. The number of benzene rings is 8. The van der Waals surface area contributed by atoms with E-state index < -0.39 is 0 Å². The van der Waals surface area contributed by atoms with E-state index in [1.165, 1.54) is 77.5 Å². The van der Waals surface area contributed by atoms with Crippen molar-refractivity contribution in [1.82, 2.24) is 0 Å². The monoisotopic (exact) mass is 524 g/mol. The molecule has 0 nitrogen and oxygen atoms in total. The summed E-state index contributed by atoms with van der Waals surface area (Å²) in [5.74, 6) is -0.226. The molecular formula is C40H25F. The minimum Gasteiger partial charge on any atom is -0.207 e. The van der Waals surface area contributed by atoms with Crippen LogP contribution in [0.25, 0.3) is 76.5 Å². The minimum atomic E-state index is -0.226. The standard InChI is InChI=1S/C40H25F/c41-34-20-17-28(18-21-34)31-19-22-37-38(25-31)40(33-16-14-27-8-2-4-10-30(27)24-33)36-12-6-5-11-35(36)39(37)32-15-13-26-7-1-3-9-29(26)23-32/h1-25H. The summed E-state index contributed by atoms with van der Waals surface area (Å²) in [4.78, 5) is 0. The van der Waals surface area contributed by atoms with Gasteiger partial charge in [0, 0.05) is 0 Å². The summed E-state index contributed by atoms with van der Waals surface area (Å²) in [5.41, 5.74) is 6.90. The van der Waals surface area contributed by atoms with Gasteiger partial charge < -0.3 is 0 Å².